The normalized spacial score (nSPS) is 10.5. The Bertz CT molecular complexity index is 739. The Labute approximate surface area is 122 Å². The molecule has 106 valence electrons. The van der Waals surface area contributed by atoms with E-state index < -0.39 is 0 Å². The van der Waals surface area contributed by atoms with Crippen molar-refractivity contribution in [3.8, 4) is 17.1 Å². The molecule has 6 heteroatoms. The van der Waals surface area contributed by atoms with Gasteiger partial charge in [0.05, 0.1) is 13.7 Å². The van der Waals surface area contributed by atoms with E-state index >= 15 is 0 Å². The summed E-state index contributed by atoms with van der Waals surface area (Å²) in [6, 6.07) is 15.2. The number of benzene rings is 2. The molecule has 0 fully saturated rings. The maximum absolute atomic E-state index is 5.75. The quantitative estimate of drug-likeness (QED) is 0.740. The second-order valence-corrected chi connectivity index (χ2v) is 4.58. The molecule has 2 aromatic carbocycles. The largest absolute Gasteiger partial charge is 0.496 e. The molecule has 2 N–H and O–H groups in total. The number of aromatic nitrogens is 4. The van der Waals surface area contributed by atoms with Crippen molar-refractivity contribution in [3.63, 3.8) is 0 Å². The molecule has 0 bridgehead atoms. The summed E-state index contributed by atoms with van der Waals surface area (Å²) in [4.78, 5) is 1.54. The average Bonchev–Trinajstić information content (AvgIpc) is 2.98. The zero-order valence-corrected chi connectivity index (χ0v) is 11.6. The number of methoxy groups -OCH3 is 1. The molecule has 0 radical (unpaired) electrons. The third-order valence-electron chi connectivity index (χ3n) is 3.11. The lowest BCUT2D eigenvalue weighted by Gasteiger charge is -2.08. The smallest absolute Gasteiger partial charge is 0.204 e. The molecule has 0 aliphatic carbocycles. The SMILES string of the molecule is COc1cc(N)ccc1Cn1nnc(-c2ccccc2)n1. The third kappa shape index (κ3) is 2.84. The van der Waals surface area contributed by atoms with E-state index in [9.17, 15) is 0 Å². The first-order chi connectivity index (χ1) is 10.3. The van der Waals surface area contributed by atoms with Gasteiger partial charge in [-0.1, -0.05) is 36.4 Å². The van der Waals surface area contributed by atoms with E-state index in [1.165, 1.54) is 4.80 Å². The molecule has 3 rings (SSSR count). The van der Waals surface area contributed by atoms with E-state index in [1.807, 2.05) is 42.5 Å². The minimum absolute atomic E-state index is 0.475. The molecule has 0 atom stereocenters. The van der Waals surface area contributed by atoms with Crippen molar-refractivity contribution in [1.29, 1.82) is 0 Å². The van der Waals surface area contributed by atoms with Crippen LogP contribution in [-0.4, -0.2) is 27.3 Å². The number of anilines is 1. The summed E-state index contributed by atoms with van der Waals surface area (Å²) in [7, 11) is 1.61. The summed E-state index contributed by atoms with van der Waals surface area (Å²) in [6.45, 7) is 0.475. The van der Waals surface area contributed by atoms with E-state index in [0.29, 0.717) is 23.8 Å². The lowest BCUT2D eigenvalue weighted by atomic mass is 10.2. The standard InChI is InChI=1S/C15H15N5O/c1-21-14-9-13(16)8-7-12(14)10-20-18-15(17-19-20)11-5-3-2-4-6-11/h2-9H,10,16H2,1H3. The van der Waals surface area contributed by atoms with Crippen LogP contribution < -0.4 is 10.5 Å². The number of tetrazole rings is 1. The molecular weight excluding hydrogens is 266 g/mol. The van der Waals surface area contributed by atoms with Gasteiger partial charge in [0.2, 0.25) is 5.82 Å². The van der Waals surface area contributed by atoms with Crippen molar-refractivity contribution >= 4 is 5.69 Å². The Morgan fingerprint density at radius 2 is 1.95 bits per heavy atom. The molecule has 6 nitrogen and oxygen atoms in total. The highest BCUT2D eigenvalue weighted by atomic mass is 16.5. The molecule has 0 spiro atoms. The Kier molecular flexibility index (Phi) is 3.51. The lowest BCUT2D eigenvalue weighted by Crippen LogP contribution is -2.06. The Morgan fingerprint density at radius 3 is 2.71 bits per heavy atom. The second-order valence-electron chi connectivity index (χ2n) is 4.58. The van der Waals surface area contributed by atoms with E-state index in [0.717, 1.165) is 11.1 Å². The Balaban J connectivity index is 1.85. The summed E-state index contributed by atoms with van der Waals surface area (Å²) < 4.78 is 5.32. The molecule has 1 aromatic heterocycles. The topological polar surface area (TPSA) is 78.9 Å². The minimum Gasteiger partial charge on any atom is -0.496 e. The molecule has 0 saturated heterocycles. The first-order valence-electron chi connectivity index (χ1n) is 6.52. The van der Waals surface area contributed by atoms with Crippen LogP contribution in [0.1, 0.15) is 5.56 Å². The molecule has 21 heavy (non-hydrogen) atoms. The van der Waals surface area contributed by atoms with Gasteiger partial charge in [0, 0.05) is 22.9 Å². The van der Waals surface area contributed by atoms with Crippen LogP contribution in [0.25, 0.3) is 11.4 Å². The molecule has 0 saturated carbocycles. The number of nitrogen functional groups attached to an aromatic ring is 1. The van der Waals surface area contributed by atoms with Gasteiger partial charge >= 0.3 is 0 Å². The average molecular weight is 281 g/mol. The van der Waals surface area contributed by atoms with Gasteiger partial charge in [-0.15, -0.1) is 10.2 Å². The fourth-order valence-corrected chi connectivity index (χ4v) is 2.06. The minimum atomic E-state index is 0.475. The van der Waals surface area contributed by atoms with Crippen LogP contribution in [0.3, 0.4) is 0 Å². The molecule has 0 amide bonds. The maximum Gasteiger partial charge on any atom is 0.204 e. The van der Waals surface area contributed by atoms with E-state index in [4.69, 9.17) is 10.5 Å². The van der Waals surface area contributed by atoms with Gasteiger partial charge in [0.1, 0.15) is 5.75 Å². The molecule has 3 aromatic rings. The van der Waals surface area contributed by atoms with Gasteiger partial charge in [0.15, 0.2) is 0 Å². The lowest BCUT2D eigenvalue weighted by molar-refractivity contribution is 0.405. The van der Waals surface area contributed by atoms with Crippen molar-refractivity contribution in [2.45, 2.75) is 6.54 Å². The van der Waals surface area contributed by atoms with Crippen LogP contribution in [0.2, 0.25) is 0 Å². The van der Waals surface area contributed by atoms with Crippen LogP contribution >= 0.6 is 0 Å². The highest BCUT2D eigenvalue weighted by Gasteiger charge is 2.09. The monoisotopic (exact) mass is 281 g/mol. The highest BCUT2D eigenvalue weighted by Crippen LogP contribution is 2.22. The van der Waals surface area contributed by atoms with Gasteiger partial charge in [0.25, 0.3) is 0 Å². The van der Waals surface area contributed by atoms with Crippen molar-refractivity contribution in [1.82, 2.24) is 20.2 Å². The first kappa shape index (κ1) is 13.1. The second kappa shape index (κ2) is 5.62. The number of hydrogen-bond acceptors (Lipinski definition) is 5. The summed E-state index contributed by atoms with van der Waals surface area (Å²) >= 11 is 0. The summed E-state index contributed by atoms with van der Waals surface area (Å²) in [6.07, 6.45) is 0. The fourth-order valence-electron chi connectivity index (χ4n) is 2.06. The number of rotatable bonds is 4. The molecule has 0 aliphatic rings. The van der Waals surface area contributed by atoms with Crippen LogP contribution in [0.5, 0.6) is 5.75 Å². The van der Waals surface area contributed by atoms with E-state index in [1.54, 1.807) is 13.2 Å². The molecule has 1 heterocycles. The molecule has 0 aliphatic heterocycles. The van der Waals surface area contributed by atoms with Crippen LogP contribution in [0, 0.1) is 0 Å². The maximum atomic E-state index is 5.75. The Morgan fingerprint density at radius 1 is 1.14 bits per heavy atom. The summed E-state index contributed by atoms with van der Waals surface area (Å²) in [5.74, 6) is 1.32. The third-order valence-corrected chi connectivity index (χ3v) is 3.11. The van der Waals surface area contributed by atoms with Crippen LogP contribution in [0.15, 0.2) is 48.5 Å². The fraction of sp³-hybridized carbons (Fsp3) is 0.133. The zero-order chi connectivity index (χ0) is 14.7. The van der Waals surface area contributed by atoms with E-state index in [-0.39, 0.29) is 0 Å². The zero-order valence-electron chi connectivity index (χ0n) is 11.6. The van der Waals surface area contributed by atoms with Gasteiger partial charge in [-0.2, -0.15) is 4.80 Å². The van der Waals surface area contributed by atoms with Gasteiger partial charge in [-0.3, -0.25) is 0 Å². The van der Waals surface area contributed by atoms with Crippen LogP contribution in [-0.2, 0) is 6.54 Å². The first-order valence-corrected chi connectivity index (χ1v) is 6.52. The number of nitrogens with zero attached hydrogens (tertiary/aromatic N) is 4. The number of nitrogens with two attached hydrogens (primary N) is 1. The molecule has 0 unspecified atom stereocenters. The van der Waals surface area contributed by atoms with Gasteiger partial charge < -0.3 is 10.5 Å². The summed E-state index contributed by atoms with van der Waals surface area (Å²) in [5, 5.41) is 12.5. The van der Waals surface area contributed by atoms with E-state index in [2.05, 4.69) is 15.4 Å². The highest BCUT2D eigenvalue weighted by molar-refractivity contribution is 5.53. The molecular formula is C15H15N5O. The van der Waals surface area contributed by atoms with Crippen molar-refractivity contribution in [2.75, 3.05) is 12.8 Å². The Hall–Kier alpha value is -2.89. The summed E-state index contributed by atoms with van der Waals surface area (Å²) in [5.41, 5.74) is 8.29. The van der Waals surface area contributed by atoms with Crippen molar-refractivity contribution in [3.05, 3.63) is 54.1 Å². The van der Waals surface area contributed by atoms with Crippen molar-refractivity contribution in [2.24, 2.45) is 0 Å². The van der Waals surface area contributed by atoms with Gasteiger partial charge in [-0.05, 0) is 11.3 Å². The number of hydrogen-bond donors (Lipinski definition) is 1. The predicted octanol–water partition coefficient (Wildman–Crippen LogP) is 1.98. The van der Waals surface area contributed by atoms with Crippen molar-refractivity contribution < 1.29 is 4.74 Å². The van der Waals surface area contributed by atoms with Crippen LogP contribution in [0.4, 0.5) is 5.69 Å². The predicted molar refractivity (Wildman–Crippen MR) is 79.8 cm³/mol. The van der Waals surface area contributed by atoms with Gasteiger partial charge in [-0.25, -0.2) is 0 Å². The number of ether oxygens (including phenoxy) is 1.